The minimum Gasteiger partial charge on any atom is -0.291 e. The van der Waals surface area contributed by atoms with Crippen LogP contribution in [0.1, 0.15) is 5.56 Å². The highest BCUT2D eigenvalue weighted by Gasteiger charge is 2.01. The van der Waals surface area contributed by atoms with E-state index in [1.54, 1.807) is 6.29 Å². The van der Waals surface area contributed by atoms with Crippen LogP contribution in [0.4, 0.5) is 8.78 Å². The van der Waals surface area contributed by atoms with E-state index in [2.05, 4.69) is 0 Å². The molecule has 0 unspecified atom stereocenters. The Labute approximate surface area is 62.7 Å². The van der Waals surface area contributed by atoms with E-state index in [0.29, 0.717) is 5.56 Å². The van der Waals surface area contributed by atoms with Crippen molar-refractivity contribution in [2.45, 2.75) is 6.42 Å². The Bertz CT molecular complexity index is 271. The standard InChI is InChI=1S/C8H5F2O/c9-7-2-1-6(3-4-11)5-8(7)10/h1-2,5H,3H2. The maximum atomic E-state index is 12.4. The summed E-state index contributed by atoms with van der Waals surface area (Å²) in [6.07, 6.45) is 1.59. The normalized spacial score (nSPS) is 9.64. The topological polar surface area (TPSA) is 17.1 Å². The first-order valence-electron chi connectivity index (χ1n) is 3.03. The van der Waals surface area contributed by atoms with Crippen molar-refractivity contribution in [3.05, 3.63) is 35.4 Å². The summed E-state index contributed by atoms with van der Waals surface area (Å²) in [6.45, 7) is 0. The third kappa shape index (κ3) is 1.83. The van der Waals surface area contributed by atoms with E-state index in [-0.39, 0.29) is 6.42 Å². The molecule has 0 heterocycles. The molecule has 0 atom stereocenters. The maximum absolute atomic E-state index is 12.4. The highest BCUT2D eigenvalue weighted by Crippen LogP contribution is 2.07. The molecule has 1 radical (unpaired) electrons. The van der Waals surface area contributed by atoms with Crippen molar-refractivity contribution >= 4 is 6.29 Å². The van der Waals surface area contributed by atoms with E-state index >= 15 is 0 Å². The fraction of sp³-hybridized carbons (Fsp3) is 0.125. The smallest absolute Gasteiger partial charge is 0.203 e. The molecule has 0 aliphatic rings. The van der Waals surface area contributed by atoms with Gasteiger partial charge in [-0.2, -0.15) is 0 Å². The second kappa shape index (κ2) is 3.23. The average Bonchev–Trinajstić information content (AvgIpc) is 1.98. The molecule has 0 aliphatic heterocycles. The van der Waals surface area contributed by atoms with Gasteiger partial charge in [-0.25, -0.2) is 8.78 Å². The number of hydrogen-bond donors (Lipinski definition) is 0. The summed E-state index contributed by atoms with van der Waals surface area (Å²) in [6, 6.07) is 3.32. The highest BCUT2D eigenvalue weighted by atomic mass is 19.2. The van der Waals surface area contributed by atoms with Crippen molar-refractivity contribution in [3.8, 4) is 0 Å². The molecule has 0 aliphatic carbocycles. The van der Waals surface area contributed by atoms with E-state index in [1.807, 2.05) is 0 Å². The molecular formula is C8H5F2O. The molecule has 0 fully saturated rings. The zero-order chi connectivity index (χ0) is 8.27. The van der Waals surface area contributed by atoms with Crippen LogP contribution in [0.5, 0.6) is 0 Å². The predicted molar refractivity (Wildman–Crippen MR) is 35.8 cm³/mol. The zero-order valence-electron chi connectivity index (χ0n) is 5.60. The summed E-state index contributed by atoms with van der Waals surface area (Å²) in [4.78, 5) is 9.83. The molecule has 11 heavy (non-hydrogen) atoms. The van der Waals surface area contributed by atoms with Gasteiger partial charge in [0.25, 0.3) is 0 Å². The quantitative estimate of drug-likeness (QED) is 0.634. The van der Waals surface area contributed by atoms with E-state index in [1.165, 1.54) is 6.07 Å². The number of carbonyl (C=O) groups excluding carboxylic acids is 1. The summed E-state index contributed by atoms with van der Waals surface area (Å²) in [5.74, 6) is -1.84. The average molecular weight is 155 g/mol. The molecule has 1 aromatic carbocycles. The summed E-state index contributed by atoms with van der Waals surface area (Å²) in [7, 11) is 0. The van der Waals surface area contributed by atoms with Crippen LogP contribution in [-0.4, -0.2) is 6.29 Å². The van der Waals surface area contributed by atoms with Gasteiger partial charge in [0.1, 0.15) is 0 Å². The van der Waals surface area contributed by atoms with E-state index in [9.17, 15) is 13.6 Å². The fourth-order valence-corrected chi connectivity index (χ4v) is 0.733. The lowest BCUT2D eigenvalue weighted by atomic mass is 10.2. The zero-order valence-corrected chi connectivity index (χ0v) is 5.60. The molecule has 57 valence electrons. The third-order valence-corrected chi connectivity index (χ3v) is 1.26. The molecule has 3 heteroatoms. The Morgan fingerprint density at radius 3 is 2.55 bits per heavy atom. The van der Waals surface area contributed by atoms with E-state index in [4.69, 9.17) is 0 Å². The SMILES string of the molecule is O=[C]Cc1ccc(F)c(F)c1. The van der Waals surface area contributed by atoms with Crippen LogP contribution in [-0.2, 0) is 11.2 Å². The summed E-state index contributed by atoms with van der Waals surface area (Å²) >= 11 is 0. The van der Waals surface area contributed by atoms with Crippen LogP contribution in [0.25, 0.3) is 0 Å². The lowest BCUT2D eigenvalue weighted by Crippen LogP contribution is -1.89. The molecule has 1 aromatic rings. The Kier molecular flexibility index (Phi) is 2.31. The number of benzene rings is 1. The summed E-state index contributed by atoms with van der Waals surface area (Å²) < 4.78 is 24.7. The second-order valence-corrected chi connectivity index (χ2v) is 2.07. The third-order valence-electron chi connectivity index (χ3n) is 1.26. The molecule has 1 rings (SSSR count). The monoisotopic (exact) mass is 155 g/mol. The molecule has 0 saturated heterocycles. The Morgan fingerprint density at radius 2 is 2.00 bits per heavy atom. The lowest BCUT2D eigenvalue weighted by molar-refractivity contribution is 0.507. The van der Waals surface area contributed by atoms with Crippen molar-refractivity contribution in [2.75, 3.05) is 0 Å². The second-order valence-electron chi connectivity index (χ2n) is 2.07. The van der Waals surface area contributed by atoms with Gasteiger partial charge in [-0.3, -0.25) is 4.79 Å². The molecule has 0 N–H and O–H groups in total. The van der Waals surface area contributed by atoms with Gasteiger partial charge in [0.05, 0.1) is 0 Å². The van der Waals surface area contributed by atoms with Crippen molar-refractivity contribution < 1.29 is 13.6 Å². The molecule has 1 nitrogen and oxygen atoms in total. The van der Waals surface area contributed by atoms with Gasteiger partial charge in [0.2, 0.25) is 6.29 Å². The highest BCUT2D eigenvalue weighted by molar-refractivity contribution is 5.55. The Balaban J connectivity index is 2.95. The molecule has 0 amide bonds. The fourth-order valence-electron chi connectivity index (χ4n) is 0.733. The lowest BCUT2D eigenvalue weighted by Gasteiger charge is -1.94. The van der Waals surface area contributed by atoms with Crippen LogP contribution < -0.4 is 0 Å². The van der Waals surface area contributed by atoms with Crippen LogP contribution in [0, 0.1) is 11.6 Å². The van der Waals surface area contributed by atoms with E-state index in [0.717, 1.165) is 12.1 Å². The minimum absolute atomic E-state index is 0.00278. The maximum Gasteiger partial charge on any atom is 0.203 e. The van der Waals surface area contributed by atoms with E-state index < -0.39 is 11.6 Å². The molecule has 0 spiro atoms. The summed E-state index contributed by atoms with van der Waals surface area (Å²) in [5, 5.41) is 0. The van der Waals surface area contributed by atoms with Crippen LogP contribution in [0.15, 0.2) is 18.2 Å². The van der Waals surface area contributed by atoms with Gasteiger partial charge < -0.3 is 0 Å². The molecule has 0 saturated carbocycles. The first kappa shape index (κ1) is 7.85. The van der Waals surface area contributed by atoms with Gasteiger partial charge in [-0.15, -0.1) is 0 Å². The van der Waals surface area contributed by atoms with Crippen LogP contribution in [0.3, 0.4) is 0 Å². The van der Waals surface area contributed by atoms with Gasteiger partial charge in [0, 0.05) is 6.42 Å². The molecule has 0 aromatic heterocycles. The van der Waals surface area contributed by atoms with Gasteiger partial charge in [-0.05, 0) is 17.7 Å². The van der Waals surface area contributed by atoms with Crippen molar-refractivity contribution in [1.82, 2.24) is 0 Å². The predicted octanol–water partition coefficient (Wildman–Crippen LogP) is 1.62. The van der Waals surface area contributed by atoms with Crippen molar-refractivity contribution in [1.29, 1.82) is 0 Å². The van der Waals surface area contributed by atoms with Crippen LogP contribution in [0.2, 0.25) is 0 Å². The van der Waals surface area contributed by atoms with Crippen molar-refractivity contribution in [2.24, 2.45) is 0 Å². The van der Waals surface area contributed by atoms with Crippen molar-refractivity contribution in [3.63, 3.8) is 0 Å². The number of hydrogen-bond acceptors (Lipinski definition) is 1. The minimum atomic E-state index is -0.933. The van der Waals surface area contributed by atoms with Crippen LogP contribution >= 0.6 is 0 Å². The number of rotatable bonds is 2. The first-order chi connectivity index (χ1) is 5.24. The van der Waals surface area contributed by atoms with Gasteiger partial charge >= 0.3 is 0 Å². The molecular weight excluding hydrogens is 150 g/mol. The Hall–Kier alpha value is -1.25. The number of halogens is 2. The largest absolute Gasteiger partial charge is 0.291 e. The summed E-state index contributed by atoms with van der Waals surface area (Å²) in [5.41, 5.74) is 0.430. The first-order valence-corrected chi connectivity index (χ1v) is 3.03. The van der Waals surface area contributed by atoms with Gasteiger partial charge in [0.15, 0.2) is 11.6 Å². The van der Waals surface area contributed by atoms with Gasteiger partial charge in [-0.1, -0.05) is 6.07 Å². The Morgan fingerprint density at radius 1 is 1.27 bits per heavy atom. The molecule has 0 bridgehead atoms.